The van der Waals surface area contributed by atoms with Crippen molar-refractivity contribution in [3.63, 3.8) is 0 Å². The Morgan fingerprint density at radius 2 is 2.50 bits per heavy atom. The molecule has 1 aromatic rings. The molecule has 0 radical (unpaired) electrons. The monoisotopic (exact) mass is 232 g/mol. The number of fused-ring (bicyclic) bond motifs is 1. The zero-order chi connectivity index (χ0) is 11.5. The number of nitrogens with zero attached hydrogens (tertiary/aromatic N) is 2. The van der Waals surface area contributed by atoms with E-state index in [4.69, 9.17) is 10.00 Å². The highest BCUT2D eigenvalue weighted by molar-refractivity contribution is 8.00. The van der Waals surface area contributed by atoms with Crippen LogP contribution in [0.5, 0.6) is 5.75 Å². The topological polar surface area (TPSA) is 36.3 Å². The zero-order valence-electron chi connectivity index (χ0n) is 9.01. The second-order valence-corrected chi connectivity index (χ2v) is 4.56. The number of ether oxygens (including phenoxy) is 1. The summed E-state index contributed by atoms with van der Waals surface area (Å²) < 4.78 is 5.45. The van der Waals surface area contributed by atoms with E-state index < -0.39 is 0 Å². The number of rotatable bonds is 3. The molecule has 0 saturated carbocycles. The maximum atomic E-state index is 8.96. The van der Waals surface area contributed by atoms with Crippen LogP contribution in [0.1, 0.15) is 0 Å². The molecule has 2 rings (SSSR count). The van der Waals surface area contributed by atoms with Gasteiger partial charge in [-0.2, -0.15) is 5.26 Å². The number of benzene rings is 1. The van der Waals surface area contributed by atoms with E-state index in [9.17, 15) is 0 Å². The van der Waals surface area contributed by atoms with Crippen LogP contribution in [-0.2, 0) is 0 Å². The van der Waals surface area contributed by atoms with Gasteiger partial charge in [0, 0.05) is 11.9 Å². The molecule has 0 fully saturated rings. The van der Waals surface area contributed by atoms with Gasteiger partial charge in [0.1, 0.15) is 12.4 Å². The van der Waals surface area contributed by atoms with E-state index in [1.165, 1.54) is 0 Å². The summed E-state index contributed by atoms with van der Waals surface area (Å²) in [5, 5.41) is 8.83. The Bertz CT molecular complexity index is 453. The lowest BCUT2D eigenvalue weighted by Gasteiger charge is -2.14. The minimum absolute atomic E-state index is 0.135. The first-order valence-electron chi connectivity index (χ1n) is 4.93. The summed E-state index contributed by atoms with van der Waals surface area (Å²) in [6.45, 7) is 4.11. The van der Waals surface area contributed by atoms with Gasteiger partial charge in [0.25, 0.3) is 0 Å². The average molecular weight is 232 g/mol. The molecule has 1 atom stereocenters. The summed E-state index contributed by atoms with van der Waals surface area (Å²) >= 11 is 1.55. The van der Waals surface area contributed by atoms with Crippen molar-refractivity contribution in [2.24, 2.45) is 0 Å². The van der Waals surface area contributed by atoms with Gasteiger partial charge in [0.15, 0.2) is 5.37 Å². The molecule has 0 bridgehead atoms. The molecule has 0 amide bonds. The summed E-state index contributed by atoms with van der Waals surface area (Å²) in [7, 11) is 1.93. The molecule has 0 N–H and O–H groups in total. The molecular formula is C12H12N2OS. The molecule has 3 nitrogen and oxygen atoms in total. The molecule has 1 heterocycles. The van der Waals surface area contributed by atoms with Gasteiger partial charge in [0.05, 0.1) is 11.8 Å². The van der Waals surface area contributed by atoms with Crippen LogP contribution in [0.4, 0.5) is 5.69 Å². The van der Waals surface area contributed by atoms with E-state index in [1.807, 2.05) is 30.1 Å². The second kappa shape index (κ2) is 4.50. The summed E-state index contributed by atoms with van der Waals surface area (Å²) in [5.74, 6) is 0.818. The molecule has 4 heteroatoms. The van der Waals surface area contributed by atoms with Gasteiger partial charge in [-0.05, 0) is 18.2 Å². The van der Waals surface area contributed by atoms with Crippen LogP contribution >= 0.6 is 11.8 Å². The van der Waals surface area contributed by atoms with Crippen LogP contribution in [0.25, 0.3) is 0 Å². The molecular weight excluding hydrogens is 220 g/mol. The van der Waals surface area contributed by atoms with E-state index in [2.05, 4.69) is 12.6 Å². The summed E-state index contributed by atoms with van der Waals surface area (Å²) in [4.78, 5) is 3.06. The predicted octanol–water partition coefficient (Wildman–Crippen LogP) is 2.64. The number of anilines is 1. The fourth-order valence-corrected chi connectivity index (χ4v) is 2.65. The van der Waals surface area contributed by atoms with Crippen molar-refractivity contribution in [2.45, 2.75) is 10.3 Å². The highest BCUT2D eigenvalue weighted by atomic mass is 32.2. The first kappa shape index (κ1) is 10.9. The van der Waals surface area contributed by atoms with E-state index in [0.717, 1.165) is 16.3 Å². The number of nitriles is 1. The quantitative estimate of drug-likeness (QED) is 0.751. The molecule has 0 aromatic heterocycles. The Hall–Kier alpha value is -1.60. The number of thioether (sulfide) groups is 1. The molecule has 0 spiro atoms. The molecule has 1 aromatic carbocycles. The largest absolute Gasteiger partial charge is 0.490 e. The van der Waals surface area contributed by atoms with Crippen LogP contribution in [0.3, 0.4) is 0 Å². The van der Waals surface area contributed by atoms with Crippen molar-refractivity contribution in [3.05, 3.63) is 30.9 Å². The second-order valence-electron chi connectivity index (χ2n) is 3.44. The van der Waals surface area contributed by atoms with Crippen LogP contribution in [0, 0.1) is 11.3 Å². The third-order valence-electron chi connectivity index (χ3n) is 2.38. The summed E-state index contributed by atoms with van der Waals surface area (Å²) in [6, 6.07) is 8.12. The minimum atomic E-state index is -0.135. The normalized spacial score (nSPS) is 17.8. The van der Waals surface area contributed by atoms with E-state index in [0.29, 0.717) is 6.61 Å². The first-order chi connectivity index (χ1) is 7.76. The fraction of sp³-hybridized carbons (Fsp3) is 0.250. The zero-order valence-corrected chi connectivity index (χ0v) is 9.83. The van der Waals surface area contributed by atoms with Crippen molar-refractivity contribution in [3.8, 4) is 11.8 Å². The van der Waals surface area contributed by atoms with Crippen molar-refractivity contribution in [2.75, 3.05) is 18.6 Å². The summed E-state index contributed by atoms with van der Waals surface area (Å²) in [6.07, 6.45) is 1.71. The third kappa shape index (κ3) is 1.86. The van der Waals surface area contributed by atoms with Gasteiger partial charge >= 0.3 is 0 Å². The van der Waals surface area contributed by atoms with E-state index in [1.54, 1.807) is 17.8 Å². The molecule has 82 valence electrons. The predicted molar refractivity (Wildman–Crippen MR) is 65.8 cm³/mol. The SMILES string of the molecule is C=CCOc1ccc2c(c1)SC(C#N)N2C. The van der Waals surface area contributed by atoms with Gasteiger partial charge < -0.3 is 9.64 Å². The molecule has 16 heavy (non-hydrogen) atoms. The molecule has 0 saturated heterocycles. The van der Waals surface area contributed by atoms with Crippen molar-refractivity contribution >= 4 is 17.4 Å². The Labute approximate surface area is 99.3 Å². The van der Waals surface area contributed by atoms with Gasteiger partial charge in [0.2, 0.25) is 0 Å². The van der Waals surface area contributed by atoms with Crippen LogP contribution in [0.2, 0.25) is 0 Å². The molecule has 0 aliphatic carbocycles. The Morgan fingerprint density at radius 3 is 3.19 bits per heavy atom. The van der Waals surface area contributed by atoms with E-state index >= 15 is 0 Å². The number of hydrogen-bond acceptors (Lipinski definition) is 4. The molecule has 1 unspecified atom stereocenters. The molecule has 1 aliphatic rings. The van der Waals surface area contributed by atoms with Crippen LogP contribution in [0.15, 0.2) is 35.7 Å². The molecule has 1 aliphatic heterocycles. The van der Waals surface area contributed by atoms with Crippen molar-refractivity contribution < 1.29 is 4.74 Å². The van der Waals surface area contributed by atoms with Gasteiger partial charge in [-0.1, -0.05) is 24.4 Å². The van der Waals surface area contributed by atoms with Gasteiger partial charge in [-0.3, -0.25) is 0 Å². The highest BCUT2D eigenvalue weighted by Crippen LogP contribution is 2.43. The maximum Gasteiger partial charge on any atom is 0.168 e. The Morgan fingerprint density at radius 1 is 1.69 bits per heavy atom. The Kier molecular flexibility index (Phi) is 3.07. The van der Waals surface area contributed by atoms with Crippen molar-refractivity contribution in [1.29, 1.82) is 5.26 Å². The average Bonchev–Trinajstić information content (AvgIpc) is 2.63. The van der Waals surface area contributed by atoms with Crippen LogP contribution < -0.4 is 9.64 Å². The summed E-state index contributed by atoms with van der Waals surface area (Å²) in [5.41, 5.74) is 1.09. The van der Waals surface area contributed by atoms with Crippen LogP contribution in [-0.4, -0.2) is 19.0 Å². The van der Waals surface area contributed by atoms with Gasteiger partial charge in [-0.15, -0.1) is 0 Å². The van der Waals surface area contributed by atoms with E-state index in [-0.39, 0.29) is 5.37 Å². The minimum Gasteiger partial charge on any atom is -0.490 e. The smallest absolute Gasteiger partial charge is 0.168 e. The van der Waals surface area contributed by atoms with Gasteiger partial charge in [-0.25, -0.2) is 0 Å². The third-order valence-corrected chi connectivity index (χ3v) is 3.61. The van der Waals surface area contributed by atoms with Crippen molar-refractivity contribution in [1.82, 2.24) is 0 Å². The lowest BCUT2D eigenvalue weighted by Crippen LogP contribution is -2.22. The Balaban J connectivity index is 2.23. The standard InChI is InChI=1S/C12H12N2OS/c1-3-6-15-9-4-5-10-11(7-9)16-12(8-13)14(10)2/h3-5,7,12H,1,6H2,2H3. The fourth-order valence-electron chi connectivity index (χ4n) is 1.56. The lowest BCUT2D eigenvalue weighted by molar-refractivity contribution is 0.362. The first-order valence-corrected chi connectivity index (χ1v) is 5.81. The highest BCUT2D eigenvalue weighted by Gasteiger charge is 2.27. The maximum absolute atomic E-state index is 8.96. The number of hydrogen-bond donors (Lipinski definition) is 0. The lowest BCUT2D eigenvalue weighted by atomic mass is 10.3.